The molecule has 2 bridgehead atoms. The van der Waals surface area contributed by atoms with Gasteiger partial charge in [-0.05, 0) is 24.7 Å². The monoisotopic (exact) mass is 253 g/mol. The van der Waals surface area contributed by atoms with Crippen LogP contribution in [0.4, 0.5) is 0 Å². The Kier molecular flexibility index (Phi) is 3.71. The van der Waals surface area contributed by atoms with Crippen LogP contribution in [0, 0.1) is 23.7 Å². The fraction of sp³-hybridized carbons (Fsp3) is 0.692. The van der Waals surface area contributed by atoms with E-state index in [9.17, 15) is 19.8 Å². The number of aliphatic hydroxyl groups is 1. The summed E-state index contributed by atoms with van der Waals surface area (Å²) in [6.45, 7) is 2.02. The number of aliphatic carboxylic acids is 1. The lowest BCUT2D eigenvalue weighted by atomic mass is 9.82. The quantitative estimate of drug-likeness (QED) is 0.619. The highest BCUT2D eigenvalue weighted by Crippen LogP contribution is 2.48. The third-order valence-electron chi connectivity index (χ3n) is 4.03. The summed E-state index contributed by atoms with van der Waals surface area (Å²) in [4.78, 5) is 23.3. The second-order valence-electron chi connectivity index (χ2n) is 5.15. The summed E-state index contributed by atoms with van der Waals surface area (Å²) in [7, 11) is 0. The van der Waals surface area contributed by atoms with E-state index in [1.807, 2.05) is 19.1 Å². The molecule has 100 valence electrons. The Labute approximate surface area is 106 Å². The van der Waals surface area contributed by atoms with Crippen molar-refractivity contribution in [3.8, 4) is 0 Å². The number of nitrogens with one attached hydrogen (secondary N) is 1. The summed E-state index contributed by atoms with van der Waals surface area (Å²) >= 11 is 0. The Morgan fingerprint density at radius 1 is 1.33 bits per heavy atom. The predicted molar refractivity (Wildman–Crippen MR) is 64.7 cm³/mol. The number of carbonyl (C=O) groups excluding carboxylic acids is 1. The van der Waals surface area contributed by atoms with Gasteiger partial charge in [-0.25, -0.2) is 0 Å². The zero-order valence-corrected chi connectivity index (χ0v) is 10.4. The van der Waals surface area contributed by atoms with Gasteiger partial charge in [-0.1, -0.05) is 19.1 Å². The number of aliphatic hydroxyl groups excluding tert-OH is 1. The van der Waals surface area contributed by atoms with Crippen molar-refractivity contribution in [1.29, 1.82) is 0 Å². The van der Waals surface area contributed by atoms with Gasteiger partial charge in [-0.15, -0.1) is 0 Å². The van der Waals surface area contributed by atoms with Gasteiger partial charge < -0.3 is 15.5 Å². The molecular weight excluding hydrogens is 234 g/mol. The van der Waals surface area contributed by atoms with Gasteiger partial charge in [0.1, 0.15) is 0 Å². The molecule has 3 unspecified atom stereocenters. The first-order valence-electron chi connectivity index (χ1n) is 6.41. The van der Waals surface area contributed by atoms with Gasteiger partial charge in [0.15, 0.2) is 0 Å². The van der Waals surface area contributed by atoms with E-state index < -0.39 is 23.9 Å². The van der Waals surface area contributed by atoms with Crippen molar-refractivity contribution in [2.75, 3.05) is 6.54 Å². The molecule has 1 fully saturated rings. The lowest BCUT2D eigenvalue weighted by Crippen LogP contribution is -2.42. The van der Waals surface area contributed by atoms with Crippen molar-refractivity contribution in [3.63, 3.8) is 0 Å². The van der Waals surface area contributed by atoms with Gasteiger partial charge in [0.25, 0.3) is 0 Å². The molecule has 5 atom stereocenters. The topological polar surface area (TPSA) is 86.6 Å². The fourth-order valence-corrected chi connectivity index (χ4v) is 3.00. The molecule has 5 heteroatoms. The Balaban J connectivity index is 2.01. The van der Waals surface area contributed by atoms with E-state index in [1.54, 1.807) is 0 Å². The molecule has 0 aromatic heterocycles. The molecule has 0 heterocycles. The SMILES string of the molecule is CCC(O)CNC(=O)[C@H]1C2C=CC(C2)[C@H]1C(=O)O. The third kappa shape index (κ3) is 2.27. The van der Waals surface area contributed by atoms with Crippen LogP contribution < -0.4 is 5.32 Å². The van der Waals surface area contributed by atoms with Crippen molar-refractivity contribution in [3.05, 3.63) is 12.2 Å². The smallest absolute Gasteiger partial charge is 0.307 e. The number of allylic oxidation sites excluding steroid dienone is 2. The van der Waals surface area contributed by atoms with Crippen molar-refractivity contribution in [2.24, 2.45) is 23.7 Å². The van der Waals surface area contributed by atoms with Crippen LogP contribution >= 0.6 is 0 Å². The third-order valence-corrected chi connectivity index (χ3v) is 4.03. The fourth-order valence-electron chi connectivity index (χ4n) is 3.00. The molecule has 18 heavy (non-hydrogen) atoms. The Bertz CT molecular complexity index is 379. The average molecular weight is 253 g/mol. The maximum absolute atomic E-state index is 12.1. The summed E-state index contributed by atoms with van der Waals surface area (Å²) < 4.78 is 0. The second-order valence-corrected chi connectivity index (χ2v) is 5.15. The van der Waals surface area contributed by atoms with E-state index in [2.05, 4.69) is 5.32 Å². The van der Waals surface area contributed by atoms with Crippen LogP contribution in [0.5, 0.6) is 0 Å². The highest BCUT2D eigenvalue weighted by atomic mass is 16.4. The molecular formula is C13H19NO4. The van der Waals surface area contributed by atoms with Crippen LogP contribution in [0.1, 0.15) is 19.8 Å². The maximum atomic E-state index is 12.1. The van der Waals surface area contributed by atoms with E-state index in [4.69, 9.17) is 0 Å². The summed E-state index contributed by atoms with van der Waals surface area (Å²) in [6, 6.07) is 0. The van der Waals surface area contributed by atoms with Crippen LogP contribution in [0.25, 0.3) is 0 Å². The number of carboxylic acid groups (broad SMARTS) is 1. The van der Waals surface area contributed by atoms with Gasteiger partial charge in [0.05, 0.1) is 17.9 Å². The number of carboxylic acids is 1. The van der Waals surface area contributed by atoms with Crippen molar-refractivity contribution >= 4 is 11.9 Å². The molecule has 1 saturated carbocycles. The summed E-state index contributed by atoms with van der Waals surface area (Å²) in [6.07, 6.45) is 4.62. The molecule has 5 nitrogen and oxygen atoms in total. The largest absolute Gasteiger partial charge is 0.481 e. The van der Waals surface area contributed by atoms with Gasteiger partial charge in [-0.2, -0.15) is 0 Å². The molecule has 1 amide bonds. The Morgan fingerprint density at radius 2 is 1.94 bits per heavy atom. The molecule has 0 aliphatic heterocycles. The van der Waals surface area contributed by atoms with E-state index in [0.29, 0.717) is 6.42 Å². The van der Waals surface area contributed by atoms with E-state index >= 15 is 0 Å². The van der Waals surface area contributed by atoms with Gasteiger partial charge in [0, 0.05) is 6.54 Å². The van der Waals surface area contributed by atoms with Crippen molar-refractivity contribution < 1.29 is 19.8 Å². The van der Waals surface area contributed by atoms with Gasteiger partial charge >= 0.3 is 5.97 Å². The Hall–Kier alpha value is -1.36. The first-order valence-corrected chi connectivity index (χ1v) is 6.41. The first kappa shape index (κ1) is 13.1. The molecule has 0 spiro atoms. The molecule has 2 aliphatic carbocycles. The minimum absolute atomic E-state index is 0.0145. The lowest BCUT2D eigenvalue weighted by Gasteiger charge is -2.24. The molecule has 0 aromatic carbocycles. The van der Waals surface area contributed by atoms with Crippen LogP contribution in [-0.2, 0) is 9.59 Å². The molecule has 2 aliphatic rings. The summed E-state index contributed by atoms with van der Waals surface area (Å²) in [5.74, 6) is -2.22. The zero-order valence-electron chi connectivity index (χ0n) is 10.4. The average Bonchev–Trinajstić information content (AvgIpc) is 2.95. The highest BCUT2D eigenvalue weighted by molar-refractivity contribution is 5.86. The van der Waals surface area contributed by atoms with Crippen molar-refractivity contribution in [1.82, 2.24) is 5.32 Å². The molecule has 0 saturated heterocycles. The van der Waals surface area contributed by atoms with Gasteiger partial charge in [-0.3, -0.25) is 9.59 Å². The van der Waals surface area contributed by atoms with E-state index in [0.717, 1.165) is 6.42 Å². The van der Waals surface area contributed by atoms with Crippen LogP contribution in [0.3, 0.4) is 0 Å². The minimum Gasteiger partial charge on any atom is -0.481 e. The number of hydrogen-bond acceptors (Lipinski definition) is 3. The minimum atomic E-state index is -0.900. The maximum Gasteiger partial charge on any atom is 0.307 e. The van der Waals surface area contributed by atoms with Crippen LogP contribution in [-0.4, -0.2) is 34.7 Å². The molecule has 2 rings (SSSR count). The summed E-state index contributed by atoms with van der Waals surface area (Å²) in [5.41, 5.74) is 0. The van der Waals surface area contributed by atoms with Gasteiger partial charge in [0.2, 0.25) is 5.91 Å². The van der Waals surface area contributed by atoms with E-state index in [1.165, 1.54) is 0 Å². The van der Waals surface area contributed by atoms with Crippen molar-refractivity contribution in [2.45, 2.75) is 25.9 Å². The molecule has 0 aromatic rings. The highest BCUT2D eigenvalue weighted by Gasteiger charge is 2.51. The number of rotatable bonds is 5. The number of hydrogen-bond donors (Lipinski definition) is 3. The predicted octanol–water partition coefficient (Wildman–Crippen LogP) is 0.396. The summed E-state index contributed by atoms with van der Waals surface area (Å²) in [5, 5.41) is 21.3. The molecule has 0 radical (unpaired) electrons. The normalized spacial score (nSPS) is 34.6. The first-order chi connectivity index (χ1) is 8.54. The van der Waals surface area contributed by atoms with Crippen LogP contribution in [0.15, 0.2) is 12.2 Å². The zero-order chi connectivity index (χ0) is 13.3. The standard InChI is InChI=1S/C13H19NO4/c1-2-9(15)6-14-12(16)10-7-3-4-8(5-7)11(10)13(17)18/h3-4,7-11,15H,2,5-6H2,1H3,(H,14,16)(H,17,18)/t7?,8?,9?,10-,11+/m0/s1. The van der Waals surface area contributed by atoms with E-state index in [-0.39, 0.29) is 24.3 Å². The number of carbonyl (C=O) groups is 2. The Morgan fingerprint density at radius 3 is 2.50 bits per heavy atom. The lowest BCUT2D eigenvalue weighted by molar-refractivity contribution is -0.147. The van der Waals surface area contributed by atoms with Crippen LogP contribution in [0.2, 0.25) is 0 Å². The number of fused-ring (bicyclic) bond motifs is 2. The number of amides is 1. The molecule has 3 N–H and O–H groups in total. The second kappa shape index (κ2) is 5.10.